The number of carbonyl (C=O) groups is 3. The van der Waals surface area contributed by atoms with Gasteiger partial charge in [0.15, 0.2) is 17.3 Å². The summed E-state index contributed by atoms with van der Waals surface area (Å²) in [5, 5.41) is 10.7. The fourth-order valence-corrected chi connectivity index (χ4v) is 3.59. The van der Waals surface area contributed by atoms with E-state index in [0.717, 1.165) is 28.3 Å². The predicted octanol–water partition coefficient (Wildman–Crippen LogP) is 5.49. The molecule has 158 valence electrons. The van der Waals surface area contributed by atoms with E-state index >= 15 is 0 Å². The van der Waals surface area contributed by atoms with Gasteiger partial charge in [-0.15, -0.1) is 13.2 Å². The number of aliphatic hydroxyl groups is 1. The fourth-order valence-electron chi connectivity index (χ4n) is 3.59. The van der Waals surface area contributed by atoms with E-state index in [1.165, 1.54) is 6.08 Å². The van der Waals surface area contributed by atoms with Crippen LogP contribution in [0.3, 0.4) is 0 Å². The molecule has 2 rings (SSSR count). The lowest BCUT2D eigenvalue weighted by Crippen LogP contribution is -2.47. The van der Waals surface area contributed by atoms with Gasteiger partial charge in [0.1, 0.15) is 11.7 Å². The number of Topliss-reactive ketones (excluding diaryl/α,β-unsaturated/α-hetero) is 1. The molecule has 0 aliphatic heterocycles. The van der Waals surface area contributed by atoms with Gasteiger partial charge in [-0.2, -0.15) is 0 Å². The second-order valence-corrected chi connectivity index (χ2v) is 8.37. The van der Waals surface area contributed by atoms with Gasteiger partial charge in [-0.1, -0.05) is 47.1 Å². The van der Waals surface area contributed by atoms with E-state index in [1.807, 2.05) is 45.0 Å². The maximum absolute atomic E-state index is 13.5. The van der Waals surface area contributed by atoms with Crippen molar-refractivity contribution in [2.45, 2.75) is 46.5 Å². The zero-order valence-electron chi connectivity index (χ0n) is 18.0. The predicted molar refractivity (Wildman–Crippen MR) is 120 cm³/mol. The quantitative estimate of drug-likeness (QED) is 0.335. The molecule has 1 N–H and O–H groups in total. The third kappa shape index (κ3) is 5.32. The summed E-state index contributed by atoms with van der Waals surface area (Å²) in [5.74, 6) is -3.46. The van der Waals surface area contributed by atoms with E-state index in [-0.39, 0.29) is 5.76 Å². The third-order valence-electron chi connectivity index (χ3n) is 5.55. The van der Waals surface area contributed by atoms with Gasteiger partial charge in [0.05, 0.1) is 5.41 Å². The maximum atomic E-state index is 13.5. The molecule has 1 aromatic rings. The molecule has 0 heterocycles. The van der Waals surface area contributed by atoms with Crippen LogP contribution < -0.4 is 0 Å². The van der Waals surface area contributed by atoms with Gasteiger partial charge >= 0.3 is 0 Å². The molecule has 0 spiro atoms. The Balaban J connectivity index is 2.37. The lowest BCUT2D eigenvalue weighted by molar-refractivity contribution is -0.143. The second kappa shape index (κ2) is 9.66. The summed E-state index contributed by atoms with van der Waals surface area (Å²) in [4.78, 5) is 38.8. The first kappa shape index (κ1) is 23.3. The van der Waals surface area contributed by atoms with Crippen molar-refractivity contribution in [3.05, 3.63) is 77.6 Å². The zero-order chi connectivity index (χ0) is 22.5. The van der Waals surface area contributed by atoms with Gasteiger partial charge in [-0.05, 0) is 58.1 Å². The van der Waals surface area contributed by atoms with Gasteiger partial charge in [0, 0.05) is 6.08 Å². The lowest BCUT2D eigenvalue weighted by Gasteiger charge is -2.37. The summed E-state index contributed by atoms with van der Waals surface area (Å²) in [5.41, 5.74) is 2.35. The number of hydrogen-bond donors (Lipinski definition) is 1. The molecule has 4 nitrogen and oxygen atoms in total. The first-order chi connectivity index (χ1) is 14.1. The van der Waals surface area contributed by atoms with E-state index in [2.05, 4.69) is 13.2 Å². The zero-order valence-corrected chi connectivity index (χ0v) is 18.0. The SMILES string of the molecule is C=C(C)CCC1(CCC(=C)C)C(=O)C(C(=O)C=Cc2ccc(C)cc2)C(=O)C=C1O. The van der Waals surface area contributed by atoms with Crippen LogP contribution in [0, 0.1) is 18.3 Å². The van der Waals surface area contributed by atoms with Crippen LogP contribution in [-0.4, -0.2) is 22.5 Å². The minimum absolute atomic E-state index is 0.258. The van der Waals surface area contributed by atoms with Crippen LogP contribution in [0.1, 0.15) is 50.7 Å². The van der Waals surface area contributed by atoms with E-state index < -0.39 is 28.7 Å². The average molecular weight is 407 g/mol. The Bertz CT molecular complexity index is 910. The van der Waals surface area contributed by atoms with Crippen molar-refractivity contribution in [1.29, 1.82) is 0 Å². The van der Waals surface area contributed by atoms with Crippen LogP contribution in [-0.2, 0) is 14.4 Å². The number of carbonyl (C=O) groups excluding carboxylic acids is 3. The molecule has 0 aromatic heterocycles. The molecule has 1 unspecified atom stereocenters. The molecule has 0 amide bonds. The minimum atomic E-state index is -1.43. The van der Waals surface area contributed by atoms with Crippen molar-refractivity contribution in [3.63, 3.8) is 0 Å². The highest BCUT2D eigenvalue weighted by atomic mass is 16.3. The summed E-state index contributed by atoms with van der Waals surface area (Å²) in [6, 6.07) is 7.56. The largest absolute Gasteiger partial charge is 0.511 e. The van der Waals surface area contributed by atoms with Crippen LogP contribution in [0.15, 0.2) is 66.5 Å². The van der Waals surface area contributed by atoms with Crippen molar-refractivity contribution in [3.8, 4) is 0 Å². The van der Waals surface area contributed by atoms with E-state index in [4.69, 9.17) is 0 Å². The van der Waals surface area contributed by atoms with E-state index in [9.17, 15) is 19.5 Å². The molecule has 4 heteroatoms. The molecular formula is C26H30O4. The fraction of sp³-hybridized carbons (Fsp3) is 0.346. The van der Waals surface area contributed by atoms with Crippen LogP contribution in [0.2, 0.25) is 0 Å². The van der Waals surface area contributed by atoms with Gasteiger partial charge < -0.3 is 5.11 Å². The molecule has 30 heavy (non-hydrogen) atoms. The van der Waals surface area contributed by atoms with Gasteiger partial charge in [-0.3, -0.25) is 14.4 Å². The van der Waals surface area contributed by atoms with Crippen molar-refractivity contribution in [2.75, 3.05) is 0 Å². The minimum Gasteiger partial charge on any atom is -0.511 e. The molecule has 1 aliphatic carbocycles. The van der Waals surface area contributed by atoms with Crippen molar-refractivity contribution in [1.82, 2.24) is 0 Å². The highest BCUT2D eigenvalue weighted by Gasteiger charge is 2.51. The van der Waals surface area contributed by atoms with Crippen LogP contribution in [0.4, 0.5) is 0 Å². The Hall–Kier alpha value is -3.01. The Morgan fingerprint density at radius 2 is 1.60 bits per heavy atom. The first-order valence-corrected chi connectivity index (χ1v) is 10.1. The van der Waals surface area contributed by atoms with Gasteiger partial charge in [0.25, 0.3) is 0 Å². The molecule has 1 atom stereocenters. The summed E-state index contributed by atoms with van der Waals surface area (Å²) in [6.07, 6.45) is 5.56. The van der Waals surface area contributed by atoms with Crippen LogP contribution in [0.5, 0.6) is 0 Å². The Kier molecular flexibility index (Phi) is 7.49. The number of aliphatic hydroxyl groups excluding tert-OH is 1. The first-order valence-electron chi connectivity index (χ1n) is 10.1. The molecule has 0 saturated carbocycles. The molecule has 0 saturated heterocycles. The van der Waals surface area contributed by atoms with Crippen molar-refractivity contribution in [2.24, 2.45) is 11.3 Å². The second-order valence-electron chi connectivity index (χ2n) is 8.37. The topological polar surface area (TPSA) is 71.4 Å². The van der Waals surface area contributed by atoms with Crippen molar-refractivity contribution < 1.29 is 19.5 Å². The van der Waals surface area contributed by atoms with Gasteiger partial charge in [-0.25, -0.2) is 0 Å². The standard InChI is InChI=1S/C26H30O4/c1-17(2)12-14-26(15-13-18(3)4)23(29)16-22(28)24(25(26)30)21(27)11-10-20-8-6-19(5)7-9-20/h6-11,16,24,29H,1,3,12-15H2,2,4-5H3. The Morgan fingerprint density at radius 3 is 2.10 bits per heavy atom. The number of allylic oxidation sites excluding steroid dienone is 5. The summed E-state index contributed by atoms with van der Waals surface area (Å²) < 4.78 is 0. The lowest BCUT2D eigenvalue weighted by atomic mass is 9.64. The summed E-state index contributed by atoms with van der Waals surface area (Å²) in [6.45, 7) is 13.4. The number of ketones is 3. The molecule has 1 aliphatic rings. The highest BCUT2D eigenvalue weighted by Crippen LogP contribution is 2.44. The Labute approximate surface area is 178 Å². The Morgan fingerprint density at radius 1 is 1.07 bits per heavy atom. The number of benzene rings is 1. The molecular weight excluding hydrogens is 376 g/mol. The normalized spacial score (nSPS) is 18.4. The average Bonchev–Trinajstić information content (AvgIpc) is 2.66. The van der Waals surface area contributed by atoms with E-state index in [1.54, 1.807) is 6.08 Å². The van der Waals surface area contributed by atoms with Crippen LogP contribution >= 0.6 is 0 Å². The number of hydrogen-bond acceptors (Lipinski definition) is 4. The summed E-state index contributed by atoms with van der Waals surface area (Å²) in [7, 11) is 0. The van der Waals surface area contributed by atoms with E-state index in [0.29, 0.717) is 25.7 Å². The molecule has 0 radical (unpaired) electrons. The summed E-state index contributed by atoms with van der Waals surface area (Å²) >= 11 is 0. The molecule has 0 bridgehead atoms. The maximum Gasteiger partial charge on any atom is 0.177 e. The van der Waals surface area contributed by atoms with Crippen molar-refractivity contribution >= 4 is 23.4 Å². The third-order valence-corrected chi connectivity index (χ3v) is 5.55. The number of rotatable bonds is 9. The smallest absolute Gasteiger partial charge is 0.177 e. The monoisotopic (exact) mass is 406 g/mol. The highest BCUT2D eigenvalue weighted by molar-refractivity contribution is 6.28. The van der Waals surface area contributed by atoms with Gasteiger partial charge in [0.2, 0.25) is 0 Å². The number of aryl methyl sites for hydroxylation is 1. The van der Waals surface area contributed by atoms with Crippen LogP contribution in [0.25, 0.3) is 6.08 Å². The molecule has 0 fully saturated rings. The molecule has 1 aromatic carbocycles.